The predicted molar refractivity (Wildman–Crippen MR) is 75.0 cm³/mol. The zero-order valence-electron chi connectivity index (χ0n) is 12.6. The van der Waals surface area contributed by atoms with Gasteiger partial charge in [-0.05, 0) is 27.7 Å². The number of hydrogen-bond acceptors (Lipinski definition) is 6. The molecule has 0 saturated carbocycles. The average Bonchev–Trinajstić information content (AvgIpc) is 2.10. The molecule has 0 bridgehead atoms. The van der Waals surface area contributed by atoms with Crippen molar-refractivity contribution in [1.29, 1.82) is 0 Å². The highest BCUT2D eigenvalue weighted by Crippen LogP contribution is 2.32. The molecule has 0 aliphatic carbocycles. The Balaban J connectivity index is 5.70. The van der Waals surface area contributed by atoms with E-state index in [4.69, 9.17) is 11.5 Å². The summed E-state index contributed by atoms with van der Waals surface area (Å²) < 4.78 is 0. The minimum atomic E-state index is -1.40. The lowest BCUT2D eigenvalue weighted by atomic mass is 9.67. The van der Waals surface area contributed by atoms with Gasteiger partial charge in [0.05, 0.1) is 0 Å². The molecule has 0 aromatic carbocycles. The van der Waals surface area contributed by atoms with E-state index in [0.717, 1.165) is 0 Å². The molecule has 0 amide bonds. The Morgan fingerprint density at radius 1 is 0.600 bits per heavy atom. The van der Waals surface area contributed by atoms with Crippen LogP contribution < -0.4 is 11.5 Å². The molecule has 0 aromatic rings. The van der Waals surface area contributed by atoms with Crippen LogP contribution in [0.4, 0.5) is 0 Å². The Kier molecular flexibility index (Phi) is 6.37. The fourth-order valence-corrected chi connectivity index (χ4v) is 2.61. The van der Waals surface area contributed by atoms with Gasteiger partial charge >= 0.3 is 0 Å². The maximum absolute atomic E-state index is 11.4. The summed E-state index contributed by atoms with van der Waals surface area (Å²) in [5.74, 6) is -0.960. The Hall–Kier alpha value is -1.40. The van der Waals surface area contributed by atoms with E-state index in [-0.39, 0.29) is 48.8 Å². The first-order valence-corrected chi connectivity index (χ1v) is 6.47. The average molecular weight is 284 g/mol. The minimum absolute atomic E-state index is 0.149. The number of Topliss-reactive ketones (excluding diaryl/α,β-unsaturated/α-hetero) is 4. The van der Waals surface area contributed by atoms with Gasteiger partial charge < -0.3 is 11.5 Å². The Morgan fingerprint density at radius 3 is 0.850 bits per heavy atom. The number of carbonyl (C=O) groups is 4. The number of hydrogen-bond donors (Lipinski definition) is 2. The van der Waals surface area contributed by atoms with Crippen molar-refractivity contribution in [3.05, 3.63) is 0 Å². The van der Waals surface area contributed by atoms with Crippen LogP contribution in [0, 0.1) is 0 Å². The van der Waals surface area contributed by atoms with Crippen LogP contribution in [0.25, 0.3) is 0 Å². The van der Waals surface area contributed by atoms with E-state index in [0.29, 0.717) is 0 Å². The second-order valence-electron chi connectivity index (χ2n) is 5.83. The third-order valence-corrected chi connectivity index (χ3v) is 3.25. The predicted octanol–water partition coefficient (Wildman–Crippen LogP) is 0.298. The number of rotatable bonds is 9. The third kappa shape index (κ3) is 5.30. The maximum atomic E-state index is 11.4. The number of nitrogens with two attached hydrogens (primary N) is 2. The summed E-state index contributed by atoms with van der Waals surface area (Å²) in [4.78, 5) is 45.8. The van der Waals surface area contributed by atoms with Crippen molar-refractivity contribution in [3.8, 4) is 0 Å². The van der Waals surface area contributed by atoms with Gasteiger partial charge in [0.1, 0.15) is 23.1 Å². The van der Waals surface area contributed by atoms with E-state index < -0.39 is 11.1 Å². The summed E-state index contributed by atoms with van der Waals surface area (Å²) in [7, 11) is 0. The Bertz CT molecular complexity index is 357. The van der Waals surface area contributed by atoms with E-state index >= 15 is 0 Å². The van der Waals surface area contributed by atoms with Gasteiger partial charge in [-0.15, -0.1) is 0 Å². The minimum Gasteiger partial charge on any atom is -0.323 e. The van der Waals surface area contributed by atoms with Crippen molar-refractivity contribution in [2.45, 2.75) is 64.5 Å². The Morgan fingerprint density at radius 2 is 0.750 bits per heavy atom. The molecule has 0 fully saturated rings. The van der Waals surface area contributed by atoms with Crippen LogP contribution >= 0.6 is 0 Å². The smallest absolute Gasteiger partial charge is 0.131 e. The summed E-state index contributed by atoms with van der Waals surface area (Å²) in [5.41, 5.74) is 9.61. The monoisotopic (exact) mass is 284 g/mol. The summed E-state index contributed by atoms with van der Waals surface area (Å²) in [5, 5.41) is 0. The molecule has 0 aromatic heterocycles. The molecular weight excluding hydrogens is 260 g/mol. The molecule has 0 saturated heterocycles. The van der Waals surface area contributed by atoms with Crippen molar-refractivity contribution >= 4 is 23.1 Å². The van der Waals surface area contributed by atoms with Crippen LogP contribution in [0.15, 0.2) is 0 Å². The molecule has 0 atom stereocenters. The van der Waals surface area contributed by atoms with E-state index in [1.165, 1.54) is 27.7 Å². The van der Waals surface area contributed by atoms with Gasteiger partial charge in [-0.25, -0.2) is 0 Å². The second-order valence-corrected chi connectivity index (χ2v) is 5.83. The van der Waals surface area contributed by atoms with Gasteiger partial charge in [0.25, 0.3) is 0 Å². The molecule has 0 rings (SSSR count). The van der Waals surface area contributed by atoms with Gasteiger partial charge in [-0.1, -0.05) is 0 Å². The summed E-state index contributed by atoms with van der Waals surface area (Å²) >= 11 is 0. The fraction of sp³-hybridized carbons (Fsp3) is 0.714. The highest BCUT2D eigenvalue weighted by Gasteiger charge is 2.48. The second kappa shape index (κ2) is 6.85. The molecular formula is C14H24N2O4. The molecule has 0 aliphatic heterocycles. The summed E-state index contributed by atoms with van der Waals surface area (Å²) in [6, 6.07) is 0. The zero-order valence-corrected chi connectivity index (χ0v) is 12.6. The highest BCUT2D eigenvalue weighted by molar-refractivity contribution is 5.85. The van der Waals surface area contributed by atoms with Crippen LogP contribution in [0.3, 0.4) is 0 Å². The first-order valence-electron chi connectivity index (χ1n) is 6.47. The maximum Gasteiger partial charge on any atom is 0.131 e. The van der Waals surface area contributed by atoms with Crippen molar-refractivity contribution in [3.63, 3.8) is 0 Å². The van der Waals surface area contributed by atoms with E-state index in [1.54, 1.807) is 0 Å². The zero-order chi connectivity index (χ0) is 16.1. The Labute approximate surface area is 119 Å². The molecule has 6 heteroatoms. The van der Waals surface area contributed by atoms with Crippen LogP contribution in [0.1, 0.15) is 53.4 Å². The molecule has 4 N–H and O–H groups in total. The molecule has 20 heavy (non-hydrogen) atoms. The molecule has 6 nitrogen and oxygen atoms in total. The van der Waals surface area contributed by atoms with Crippen LogP contribution in [-0.2, 0) is 19.2 Å². The molecule has 0 radical (unpaired) electrons. The topological polar surface area (TPSA) is 120 Å². The largest absolute Gasteiger partial charge is 0.323 e. The quantitative estimate of drug-likeness (QED) is 0.628. The molecule has 0 aliphatic rings. The fourth-order valence-electron chi connectivity index (χ4n) is 2.61. The van der Waals surface area contributed by atoms with Crippen LogP contribution in [0.5, 0.6) is 0 Å². The van der Waals surface area contributed by atoms with Crippen molar-refractivity contribution in [1.82, 2.24) is 0 Å². The van der Waals surface area contributed by atoms with Crippen LogP contribution in [-0.4, -0.2) is 34.2 Å². The first kappa shape index (κ1) is 18.6. The van der Waals surface area contributed by atoms with Gasteiger partial charge in [0.15, 0.2) is 0 Å². The molecule has 0 heterocycles. The molecule has 0 spiro atoms. The molecule has 114 valence electrons. The third-order valence-electron chi connectivity index (χ3n) is 3.25. The van der Waals surface area contributed by atoms with Gasteiger partial charge in [0.2, 0.25) is 0 Å². The van der Waals surface area contributed by atoms with Crippen molar-refractivity contribution in [2.75, 3.05) is 0 Å². The lowest BCUT2D eigenvalue weighted by molar-refractivity contribution is -0.127. The normalized spacial score (nSPS) is 12.1. The van der Waals surface area contributed by atoms with Crippen LogP contribution in [0.2, 0.25) is 0 Å². The lowest BCUT2D eigenvalue weighted by Gasteiger charge is -2.44. The van der Waals surface area contributed by atoms with Crippen molar-refractivity contribution < 1.29 is 19.2 Å². The summed E-state index contributed by atoms with van der Waals surface area (Å²) in [6.07, 6.45) is -0.597. The number of carbonyl (C=O) groups excluding carboxylic acids is 4. The van der Waals surface area contributed by atoms with Gasteiger partial charge in [-0.2, -0.15) is 0 Å². The van der Waals surface area contributed by atoms with Gasteiger partial charge in [0, 0.05) is 36.8 Å². The lowest BCUT2D eigenvalue weighted by Crippen LogP contribution is -2.68. The van der Waals surface area contributed by atoms with E-state index in [2.05, 4.69) is 0 Å². The van der Waals surface area contributed by atoms with Crippen molar-refractivity contribution in [2.24, 2.45) is 11.5 Å². The first-order chi connectivity index (χ1) is 8.92. The summed E-state index contributed by atoms with van der Waals surface area (Å²) in [6.45, 7) is 5.35. The highest BCUT2D eigenvalue weighted by atomic mass is 16.1. The van der Waals surface area contributed by atoms with E-state index in [9.17, 15) is 19.2 Å². The van der Waals surface area contributed by atoms with E-state index in [1.807, 2.05) is 0 Å². The standard InChI is InChI=1S/C14H24N2O4/c1-9(17)5-13(15,6-10(2)18)14(16,7-11(3)19)8-12(4)20/h5-8,15-16H2,1-4H3. The number of ketones is 4. The SMILES string of the molecule is CC(=O)CC(N)(CC(C)=O)C(N)(CC(C)=O)CC(C)=O. The molecule has 0 unspecified atom stereocenters. The van der Waals surface area contributed by atoms with Gasteiger partial charge in [-0.3, -0.25) is 19.2 Å².